The number of carbonyl (C=O) groups is 1. The summed E-state index contributed by atoms with van der Waals surface area (Å²) in [7, 11) is 0. The molecule has 18 heavy (non-hydrogen) atoms. The highest BCUT2D eigenvalue weighted by Gasteiger charge is 2.10. The molecule has 0 aliphatic carbocycles. The summed E-state index contributed by atoms with van der Waals surface area (Å²) in [6.07, 6.45) is 3.38. The average molecular weight is 312 g/mol. The van der Waals surface area contributed by atoms with Gasteiger partial charge < -0.3 is 5.32 Å². The van der Waals surface area contributed by atoms with Crippen LogP contribution in [0.4, 0.5) is 0 Å². The molecular weight excluding hydrogens is 290 g/mol. The third-order valence-electron chi connectivity index (χ3n) is 3.20. The van der Waals surface area contributed by atoms with Crippen LogP contribution in [0.3, 0.4) is 0 Å². The molecule has 0 aliphatic rings. The molecule has 0 heterocycles. The van der Waals surface area contributed by atoms with Gasteiger partial charge in [-0.15, -0.1) is 0 Å². The van der Waals surface area contributed by atoms with E-state index in [0.29, 0.717) is 12.5 Å². The topological polar surface area (TPSA) is 29.1 Å². The van der Waals surface area contributed by atoms with Crippen LogP contribution in [0.15, 0.2) is 24.3 Å². The Morgan fingerprint density at radius 1 is 1.39 bits per heavy atom. The fraction of sp³-hybridized carbons (Fsp3) is 0.533. The zero-order valence-electron chi connectivity index (χ0n) is 11.2. The van der Waals surface area contributed by atoms with E-state index in [9.17, 15) is 4.79 Å². The number of benzene rings is 1. The molecule has 0 aromatic heterocycles. The van der Waals surface area contributed by atoms with E-state index in [4.69, 9.17) is 0 Å². The van der Waals surface area contributed by atoms with Gasteiger partial charge >= 0.3 is 0 Å². The van der Waals surface area contributed by atoms with Crippen molar-refractivity contribution in [3.63, 3.8) is 0 Å². The predicted octanol–water partition coefficient (Wildman–Crippen LogP) is 3.61. The second-order valence-corrected chi connectivity index (χ2v) is 5.37. The highest BCUT2D eigenvalue weighted by atomic mass is 79.9. The molecule has 0 aliphatic heterocycles. The minimum absolute atomic E-state index is 0.158. The molecule has 0 saturated heterocycles. The average Bonchev–Trinajstić information content (AvgIpc) is 2.37. The molecule has 3 heteroatoms. The van der Waals surface area contributed by atoms with E-state index in [1.165, 1.54) is 11.1 Å². The van der Waals surface area contributed by atoms with Crippen molar-refractivity contribution in [2.75, 3.05) is 5.33 Å². The molecule has 1 aromatic rings. The second-order valence-electron chi connectivity index (χ2n) is 4.58. The van der Waals surface area contributed by atoms with Gasteiger partial charge in [0, 0.05) is 17.8 Å². The molecule has 100 valence electrons. The molecule has 1 amide bonds. The van der Waals surface area contributed by atoms with Crippen LogP contribution in [0.5, 0.6) is 0 Å². The van der Waals surface area contributed by atoms with Crippen molar-refractivity contribution in [3.05, 3.63) is 35.4 Å². The van der Waals surface area contributed by atoms with Crippen molar-refractivity contribution in [1.29, 1.82) is 0 Å². The molecule has 2 nitrogen and oxygen atoms in total. The maximum Gasteiger partial charge on any atom is 0.220 e. The van der Waals surface area contributed by atoms with E-state index in [0.717, 1.165) is 24.6 Å². The van der Waals surface area contributed by atoms with Crippen molar-refractivity contribution < 1.29 is 4.79 Å². The molecule has 1 aromatic carbocycles. The lowest BCUT2D eigenvalue weighted by molar-refractivity contribution is -0.121. The summed E-state index contributed by atoms with van der Waals surface area (Å²) in [5.41, 5.74) is 2.53. The van der Waals surface area contributed by atoms with Gasteiger partial charge in [0.1, 0.15) is 0 Å². The number of amides is 1. The Hall–Kier alpha value is -0.830. The SMILES string of the molecule is CCC(CCBr)NC(=O)CCc1ccccc1C. The minimum atomic E-state index is 0.158. The Balaban J connectivity index is 2.39. The van der Waals surface area contributed by atoms with E-state index >= 15 is 0 Å². The van der Waals surface area contributed by atoms with Gasteiger partial charge in [-0.1, -0.05) is 47.1 Å². The number of hydrogen-bond donors (Lipinski definition) is 1. The van der Waals surface area contributed by atoms with Crippen LogP contribution in [0.1, 0.15) is 37.3 Å². The van der Waals surface area contributed by atoms with E-state index in [1.807, 2.05) is 12.1 Å². The van der Waals surface area contributed by atoms with E-state index in [1.54, 1.807) is 0 Å². The van der Waals surface area contributed by atoms with E-state index < -0.39 is 0 Å². The standard InChI is InChI=1S/C15H22BrNO/c1-3-14(10-11-16)17-15(18)9-8-13-7-5-4-6-12(13)2/h4-7,14H,3,8-11H2,1-2H3,(H,17,18). The maximum absolute atomic E-state index is 11.8. The largest absolute Gasteiger partial charge is 0.353 e. The molecule has 1 N–H and O–H groups in total. The third-order valence-corrected chi connectivity index (χ3v) is 3.66. The van der Waals surface area contributed by atoms with Crippen molar-refractivity contribution >= 4 is 21.8 Å². The molecule has 1 rings (SSSR count). The number of halogens is 1. The lowest BCUT2D eigenvalue weighted by Gasteiger charge is -2.15. The quantitative estimate of drug-likeness (QED) is 0.766. The summed E-state index contributed by atoms with van der Waals surface area (Å²) in [4.78, 5) is 11.8. The smallest absolute Gasteiger partial charge is 0.220 e. The Morgan fingerprint density at radius 3 is 2.72 bits per heavy atom. The lowest BCUT2D eigenvalue weighted by Crippen LogP contribution is -2.34. The molecule has 0 radical (unpaired) electrons. The van der Waals surface area contributed by atoms with Crippen LogP contribution in [-0.4, -0.2) is 17.3 Å². The summed E-state index contributed by atoms with van der Waals surface area (Å²) in [6, 6.07) is 8.54. The molecule has 0 saturated carbocycles. The molecule has 0 bridgehead atoms. The maximum atomic E-state index is 11.8. The first-order chi connectivity index (χ1) is 8.67. The molecule has 1 unspecified atom stereocenters. The zero-order chi connectivity index (χ0) is 13.4. The Bertz CT molecular complexity index is 379. The first kappa shape index (κ1) is 15.2. The number of aryl methyl sites for hydroxylation is 2. The lowest BCUT2D eigenvalue weighted by atomic mass is 10.0. The monoisotopic (exact) mass is 311 g/mol. The van der Waals surface area contributed by atoms with Gasteiger partial charge in [-0.25, -0.2) is 0 Å². The highest BCUT2D eigenvalue weighted by molar-refractivity contribution is 9.09. The van der Waals surface area contributed by atoms with Gasteiger partial charge in [0.15, 0.2) is 0 Å². The van der Waals surface area contributed by atoms with Crippen LogP contribution in [0.2, 0.25) is 0 Å². The van der Waals surface area contributed by atoms with Crippen LogP contribution < -0.4 is 5.32 Å². The van der Waals surface area contributed by atoms with E-state index in [2.05, 4.69) is 47.2 Å². The number of alkyl halides is 1. The van der Waals surface area contributed by atoms with Gasteiger partial charge in [-0.3, -0.25) is 4.79 Å². The Labute approximate surface area is 118 Å². The van der Waals surface area contributed by atoms with Crippen molar-refractivity contribution in [1.82, 2.24) is 5.32 Å². The Kier molecular flexibility index (Phi) is 7.02. The number of rotatable bonds is 7. The third kappa shape index (κ3) is 5.21. The summed E-state index contributed by atoms with van der Waals surface area (Å²) in [5.74, 6) is 0.158. The summed E-state index contributed by atoms with van der Waals surface area (Å²) < 4.78 is 0. The molecule has 1 atom stereocenters. The summed E-state index contributed by atoms with van der Waals surface area (Å²) >= 11 is 3.41. The molecule has 0 spiro atoms. The van der Waals surface area contributed by atoms with Crippen LogP contribution in [0.25, 0.3) is 0 Å². The van der Waals surface area contributed by atoms with Crippen molar-refractivity contribution in [3.8, 4) is 0 Å². The summed E-state index contributed by atoms with van der Waals surface area (Å²) in [5, 5.41) is 4.02. The van der Waals surface area contributed by atoms with Crippen molar-refractivity contribution in [2.24, 2.45) is 0 Å². The molecule has 0 fully saturated rings. The van der Waals surface area contributed by atoms with Gasteiger partial charge in [0.2, 0.25) is 5.91 Å². The number of hydrogen-bond acceptors (Lipinski definition) is 1. The summed E-state index contributed by atoms with van der Waals surface area (Å²) in [6.45, 7) is 4.20. The second kappa shape index (κ2) is 8.30. The van der Waals surface area contributed by atoms with Gasteiger partial charge in [-0.2, -0.15) is 0 Å². The zero-order valence-corrected chi connectivity index (χ0v) is 12.8. The Morgan fingerprint density at radius 2 is 2.11 bits per heavy atom. The van der Waals surface area contributed by atoms with E-state index in [-0.39, 0.29) is 5.91 Å². The predicted molar refractivity (Wildman–Crippen MR) is 80.1 cm³/mol. The first-order valence-corrected chi connectivity index (χ1v) is 7.69. The van der Waals surface area contributed by atoms with Crippen LogP contribution in [0, 0.1) is 6.92 Å². The first-order valence-electron chi connectivity index (χ1n) is 6.57. The van der Waals surface area contributed by atoms with Crippen LogP contribution >= 0.6 is 15.9 Å². The fourth-order valence-electron chi connectivity index (χ4n) is 1.95. The highest BCUT2D eigenvalue weighted by Crippen LogP contribution is 2.09. The minimum Gasteiger partial charge on any atom is -0.353 e. The van der Waals surface area contributed by atoms with Crippen LogP contribution in [-0.2, 0) is 11.2 Å². The van der Waals surface area contributed by atoms with Crippen molar-refractivity contribution in [2.45, 2.75) is 45.6 Å². The normalized spacial score (nSPS) is 12.2. The van der Waals surface area contributed by atoms with Gasteiger partial charge in [0.05, 0.1) is 0 Å². The van der Waals surface area contributed by atoms with Gasteiger partial charge in [0.25, 0.3) is 0 Å². The number of nitrogens with one attached hydrogen (secondary N) is 1. The number of carbonyl (C=O) groups excluding carboxylic acids is 1. The van der Waals surface area contributed by atoms with Gasteiger partial charge in [-0.05, 0) is 37.3 Å². The fourth-order valence-corrected chi connectivity index (χ4v) is 2.50. The molecular formula is C15H22BrNO.